The number of hydrogen-bond acceptors (Lipinski definition) is 5. The summed E-state index contributed by atoms with van der Waals surface area (Å²) in [5.41, 5.74) is 2.96. The Bertz CT molecular complexity index is 805. The SMILES string of the molecule is Cc1cccc(C)c1OCc1cc(OS(C)(=O)=O)ccc1C=O. The van der Waals surface area contributed by atoms with E-state index in [1.165, 1.54) is 18.2 Å². The number of aryl methyl sites for hydroxylation is 2. The summed E-state index contributed by atoms with van der Waals surface area (Å²) < 4.78 is 33.1. The standard InChI is InChI=1S/C17H18O5S/c1-12-5-4-6-13(2)17(12)21-11-15-9-16(22-23(3,19)20)8-7-14(15)10-18/h4-10H,11H2,1-3H3. The third-order valence-corrected chi connectivity index (χ3v) is 3.76. The van der Waals surface area contributed by atoms with Crippen LogP contribution in [0.2, 0.25) is 0 Å². The summed E-state index contributed by atoms with van der Waals surface area (Å²) in [6.45, 7) is 4.01. The van der Waals surface area contributed by atoms with Crippen molar-refractivity contribution in [1.29, 1.82) is 0 Å². The van der Waals surface area contributed by atoms with Gasteiger partial charge in [0, 0.05) is 11.1 Å². The van der Waals surface area contributed by atoms with Crippen molar-refractivity contribution in [3.8, 4) is 11.5 Å². The molecule has 23 heavy (non-hydrogen) atoms. The Morgan fingerprint density at radius 3 is 2.30 bits per heavy atom. The first-order chi connectivity index (χ1) is 10.8. The van der Waals surface area contributed by atoms with Crippen LogP contribution in [0, 0.1) is 13.8 Å². The Labute approximate surface area is 136 Å². The van der Waals surface area contributed by atoms with Gasteiger partial charge in [0.2, 0.25) is 0 Å². The molecule has 0 aliphatic heterocycles. The lowest BCUT2D eigenvalue weighted by Crippen LogP contribution is -2.07. The van der Waals surface area contributed by atoms with Crippen molar-refractivity contribution in [2.24, 2.45) is 0 Å². The third-order valence-electron chi connectivity index (χ3n) is 3.27. The molecule has 122 valence electrons. The van der Waals surface area contributed by atoms with Gasteiger partial charge in [-0.1, -0.05) is 18.2 Å². The van der Waals surface area contributed by atoms with E-state index in [1.54, 1.807) is 0 Å². The van der Waals surface area contributed by atoms with Crippen molar-refractivity contribution in [3.63, 3.8) is 0 Å². The molecule has 2 aromatic rings. The Hall–Kier alpha value is -2.34. The van der Waals surface area contributed by atoms with E-state index < -0.39 is 10.1 Å². The summed E-state index contributed by atoms with van der Waals surface area (Å²) in [4.78, 5) is 11.2. The zero-order chi connectivity index (χ0) is 17.0. The van der Waals surface area contributed by atoms with Crippen LogP contribution < -0.4 is 8.92 Å². The number of carbonyl (C=O) groups excluding carboxylic acids is 1. The number of hydrogen-bond donors (Lipinski definition) is 0. The molecule has 0 atom stereocenters. The molecule has 0 unspecified atom stereocenters. The van der Waals surface area contributed by atoms with Crippen LogP contribution >= 0.6 is 0 Å². The second-order valence-electron chi connectivity index (χ2n) is 5.28. The minimum atomic E-state index is -3.62. The van der Waals surface area contributed by atoms with Crippen LogP contribution in [-0.2, 0) is 16.7 Å². The van der Waals surface area contributed by atoms with Gasteiger partial charge in [0.05, 0.1) is 6.26 Å². The highest BCUT2D eigenvalue weighted by molar-refractivity contribution is 7.86. The van der Waals surface area contributed by atoms with Crippen molar-refractivity contribution in [1.82, 2.24) is 0 Å². The Kier molecular flexibility index (Phi) is 5.05. The van der Waals surface area contributed by atoms with E-state index in [-0.39, 0.29) is 12.4 Å². The molecule has 0 heterocycles. The van der Waals surface area contributed by atoms with Gasteiger partial charge in [0.15, 0.2) is 0 Å². The van der Waals surface area contributed by atoms with E-state index in [9.17, 15) is 13.2 Å². The van der Waals surface area contributed by atoms with Gasteiger partial charge in [0.25, 0.3) is 0 Å². The van der Waals surface area contributed by atoms with E-state index in [0.717, 1.165) is 23.1 Å². The van der Waals surface area contributed by atoms with E-state index >= 15 is 0 Å². The number of para-hydroxylation sites is 1. The molecule has 5 nitrogen and oxygen atoms in total. The average Bonchev–Trinajstić information content (AvgIpc) is 2.45. The second-order valence-corrected chi connectivity index (χ2v) is 6.85. The molecule has 2 aromatic carbocycles. The number of rotatable bonds is 6. The van der Waals surface area contributed by atoms with Crippen LogP contribution in [0.15, 0.2) is 36.4 Å². The zero-order valence-electron chi connectivity index (χ0n) is 13.2. The maximum absolute atomic E-state index is 11.2. The molecular formula is C17H18O5S. The van der Waals surface area contributed by atoms with Crippen molar-refractivity contribution in [2.45, 2.75) is 20.5 Å². The zero-order valence-corrected chi connectivity index (χ0v) is 14.0. The molecule has 0 amide bonds. The first-order valence-corrected chi connectivity index (χ1v) is 8.78. The lowest BCUT2D eigenvalue weighted by Gasteiger charge is -2.13. The van der Waals surface area contributed by atoms with Crippen molar-refractivity contribution in [3.05, 3.63) is 58.7 Å². The predicted molar refractivity (Wildman–Crippen MR) is 87.5 cm³/mol. The average molecular weight is 334 g/mol. The van der Waals surface area contributed by atoms with Crippen LogP contribution in [0.4, 0.5) is 0 Å². The summed E-state index contributed by atoms with van der Waals surface area (Å²) in [6, 6.07) is 10.3. The van der Waals surface area contributed by atoms with Crippen LogP contribution in [0.1, 0.15) is 27.0 Å². The predicted octanol–water partition coefficient (Wildman–Crippen LogP) is 3.03. The molecule has 2 rings (SSSR count). The maximum Gasteiger partial charge on any atom is 0.306 e. The van der Waals surface area contributed by atoms with Gasteiger partial charge in [0.1, 0.15) is 24.4 Å². The molecule has 0 aromatic heterocycles. The monoisotopic (exact) mass is 334 g/mol. The van der Waals surface area contributed by atoms with Gasteiger partial charge < -0.3 is 8.92 Å². The highest BCUT2D eigenvalue weighted by Gasteiger charge is 2.10. The molecule has 0 fully saturated rings. The van der Waals surface area contributed by atoms with Gasteiger partial charge in [-0.15, -0.1) is 0 Å². The molecule has 0 N–H and O–H groups in total. The van der Waals surface area contributed by atoms with Crippen LogP contribution in [-0.4, -0.2) is 21.0 Å². The lowest BCUT2D eigenvalue weighted by atomic mass is 10.1. The number of carbonyl (C=O) groups is 1. The maximum atomic E-state index is 11.2. The van der Waals surface area contributed by atoms with Gasteiger partial charge >= 0.3 is 10.1 Å². The first-order valence-electron chi connectivity index (χ1n) is 6.97. The quantitative estimate of drug-likeness (QED) is 0.600. The Balaban J connectivity index is 2.27. The minimum absolute atomic E-state index is 0.140. The Morgan fingerprint density at radius 2 is 1.74 bits per heavy atom. The number of ether oxygens (including phenoxy) is 1. The first kappa shape index (κ1) is 17.0. The van der Waals surface area contributed by atoms with Crippen LogP contribution in [0.3, 0.4) is 0 Å². The van der Waals surface area contributed by atoms with Crippen molar-refractivity contribution < 1.29 is 22.1 Å². The molecule has 0 bridgehead atoms. The van der Waals surface area contributed by atoms with Gasteiger partial charge in [-0.25, -0.2) is 0 Å². The fourth-order valence-corrected chi connectivity index (χ4v) is 2.68. The summed E-state index contributed by atoms with van der Waals surface area (Å²) in [6.07, 6.45) is 1.67. The van der Waals surface area contributed by atoms with Crippen molar-refractivity contribution >= 4 is 16.4 Å². The van der Waals surface area contributed by atoms with E-state index in [1.807, 2.05) is 32.0 Å². The van der Waals surface area contributed by atoms with E-state index in [0.29, 0.717) is 17.4 Å². The molecule has 6 heteroatoms. The van der Waals surface area contributed by atoms with Gasteiger partial charge in [-0.2, -0.15) is 8.42 Å². The molecule has 0 aliphatic carbocycles. The summed E-state index contributed by atoms with van der Waals surface area (Å²) in [5, 5.41) is 0. The largest absolute Gasteiger partial charge is 0.488 e. The summed E-state index contributed by atoms with van der Waals surface area (Å²) in [7, 11) is -3.62. The molecule has 0 aliphatic rings. The summed E-state index contributed by atoms with van der Waals surface area (Å²) in [5.74, 6) is 0.900. The normalized spacial score (nSPS) is 11.1. The highest BCUT2D eigenvalue weighted by atomic mass is 32.2. The number of aldehydes is 1. The van der Waals surface area contributed by atoms with E-state index in [2.05, 4.69) is 0 Å². The van der Waals surface area contributed by atoms with Gasteiger partial charge in [-0.3, -0.25) is 4.79 Å². The van der Waals surface area contributed by atoms with Crippen LogP contribution in [0.5, 0.6) is 11.5 Å². The molecule has 0 saturated carbocycles. The fourth-order valence-electron chi connectivity index (χ4n) is 2.23. The second kappa shape index (κ2) is 6.83. The smallest absolute Gasteiger partial charge is 0.306 e. The minimum Gasteiger partial charge on any atom is -0.488 e. The third kappa shape index (κ3) is 4.56. The topological polar surface area (TPSA) is 69.7 Å². The molecule has 0 spiro atoms. The summed E-state index contributed by atoms with van der Waals surface area (Å²) >= 11 is 0. The molecule has 0 radical (unpaired) electrons. The fraction of sp³-hybridized carbons (Fsp3) is 0.235. The molecular weight excluding hydrogens is 316 g/mol. The van der Waals surface area contributed by atoms with Crippen LogP contribution in [0.25, 0.3) is 0 Å². The Morgan fingerprint density at radius 1 is 1.09 bits per heavy atom. The lowest BCUT2D eigenvalue weighted by molar-refractivity contribution is 0.112. The molecule has 0 saturated heterocycles. The number of benzene rings is 2. The van der Waals surface area contributed by atoms with Gasteiger partial charge in [-0.05, 0) is 43.2 Å². The van der Waals surface area contributed by atoms with Crippen molar-refractivity contribution in [2.75, 3.05) is 6.26 Å². The van der Waals surface area contributed by atoms with E-state index in [4.69, 9.17) is 8.92 Å². The highest BCUT2D eigenvalue weighted by Crippen LogP contribution is 2.25.